The molecule has 3 nitrogen and oxygen atoms in total. The molecule has 82 valence electrons. The second-order valence-corrected chi connectivity index (χ2v) is 4.08. The van der Waals surface area contributed by atoms with Gasteiger partial charge < -0.3 is 14.6 Å². The van der Waals surface area contributed by atoms with Crippen molar-refractivity contribution in [3.8, 4) is 11.5 Å². The van der Waals surface area contributed by atoms with Gasteiger partial charge in [-0.15, -0.1) is 0 Å². The fourth-order valence-electron chi connectivity index (χ4n) is 1.70. The largest absolute Gasteiger partial charge is 0.497 e. The summed E-state index contributed by atoms with van der Waals surface area (Å²) < 4.78 is 10.4. The Balaban J connectivity index is 2.25. The Labute approximate surface area is 89.6 Å². The van der Waals surface area contributed by atoms with Gasteiger partial charge in [0.1, 0.15) is 11.5 Å². The fourth-order valence-corrected chi connectivity index (χ4v) is 1.70. The van der Waals surface area contributed by atoms with Gasteiger partial charge in [-0.1, -0.05) is 0 Å². The third-order valence-electron chi connectivity index (χ3n) is 2.83. The first kappa shape index (κ1) is 10.3. The number of hydrogen-bond donors (Lipinski definition) is 1. The van der Waals surface area contributed by atoms with Crippen molar-refractivity contribution in [1.82, 2.24) is 0 Å². The highest BCUT2D eigenvalue weighted by atomic mass is 16.5. The molecule has 3 heteroatoms. The Bertz CT molecular complexity index is 356. The average Bonchev–Trinajstić information content (AvgIpc) is 2.96. The maximum absolute atomic E-state index is 9.87. The van der Waals surface area contributed by atoms with E-state index in [4.69, 9.17) is 9.47 Å². The van der Waals surface area contributed by atoms with Crippen LogP contribution < -0.4 is 9.47 Å². The Hall–Kier alpha value is -1.22. The van der Waals surface area contributed by atoms with Gasteiger partial charge in [0.15, 0.2) is 0 Å². The predicted octanol–water partition coefficient (Wildman–Crippen LogP) is 1.77. The summed E-state index contributed by atoms with van der Waals surface area (Å²) in [6.07, 6.45) is 2.41. The molecule has 0 aliphatic heterocycles. The fraction of sp³-hybridized carbons (Fsp3) is 0.500. The van der Waals surface area contributed by atoms with Crippen molar-refractivity contribution >= 4 is 0 Å². The van der Waals surface area contributed by atoms with E-state index in [0.717, 1.165) is 29.9 Å². The molecule has 0 atom stereocenters. The molecule has 0 amide bonds. The molecule has 0 spiro atoms. The number of methoxy groups -OCH3 is 2. The summed E-state index contributed by atoms with van der Waals surface area (Å²) in [6, 6.07) is 5.66. The summed E-state index contributed by atoms with van der Waals surface area (Å²) >= 11 is 0. The Kier molecular flexibility index (Phi) is 2.57. The minimum atomic E-state index is -0.500. The molecule has 1 aliphatic rings. The van der Waals surface area contributed by atoms with Crippen LogP contribution in [0.3, 0.4) is 0 Å². The second-order valence-electron chi connectivity index (χ2n) is 4.08. The maximum atomic E-state index is 9.87. The van der Waals surface area contributed by atoms with E-state index in [2.05, 4.69) is 0 Å². The van der Waals surface area contributed by atoms with Crippen LogP contribution in [0.5, 0.6) is 11.5 Å². The average molecular weight is 208 g/mol. The lowest BCUT2D eigenvalue weighted by Gasteiger charge is -2.13. The van der Waals surface area contributed by atoms with E-state index in [1.807, 2.05) is 18.2 Å². The van der Waals surface area contributed by atoms with Crippen LogP contribution in [-0.4, -0.2) is 24.9 Å². The summed E-state index contributed by atoms with van der Waals surface area (Å²) in [6.45, 7) is 0. The van der Waals surface area contributed by atoms with Crippen LogP contribution in [-0.2, 0) is 6.42 Å². The predicted molar refractivity (Wildman–Crippen MR) is 57.4 cm³/mol. The Morgan fingerprint density at radius 2 is 2.00 bits per heavy atom. The molecule has 1 aromatic rings. The van der Waals surface area contributed by atoms with Crippen LogP contribution in [0.4, 0.5) is 0 Å². The number of ether oxygens (including phenoxy) is 2. The summed E-state index contributed by atoms with van der Waals surface area (Å²) in [5.41, 5.74) is 0.511. The molecule has 0 unspecified atom stereocenters. The third-order valence-corrected chi connectivity index (χ3v) is 2.83. The van der Waals surface area contributed by atoms with E-state index >= 15 is 0 Å². The van der Waals surface area contributed by atoms with E-state index in [9.17, 15) is 5.11 Å². The lowest BCUT2D eigenvalue weighted by molar-refractivity contribution is 0.150. The summed E-state index contributed by atoms with van der Waals surface area (Å²) in [4.78, 5) is 0. The van der Waals surface area contributed by atoms with Gasteiger partial charge in [0.25, 0.3) is 0 Å². The summed E-state index contributed by atoms with van der Waals surface area (Å²) in [5, 5.41) is 9.87. The van der Waals surface area contributed by atoms with Crippen LogP contribution >= 0.6 is 0 Å². The number of aliphatic hydroxyl groups is 1. The lowest BCUT2D eigenvalue weighted by atomic mass is 10.1. The summed E-state index contributed by atoms with van der Waals surface area (Å²) in [5.74, 6) is 1.62. The minimum Gasteiger partial charge on any atom is -0.497 e. The normalized spacial score (nSPS) is 17.3. The van der Waals surface area contributed by atoms with E-state index in [0.29, 0.717) is 6.42 Å². The molecule has 1 aliphatic carbocycles. The first-order valence-electron chi connectivity index (χ1n) is 5.10. The van der Waals surface area contributed by atoms with E-state index < -0.39 is 5.60 Å². The van der Waals surface area contributed by atoms with E-state index in [-0.39, 0.29) is 0 Å². The van der Waals surface area contributed by atoms with Crippen LogP contribution in [0.15, 0.2) is 18.2 Å². The zero-order valence-corrected chi connectivity index (χ0v) is 9.12. The van der Waals surface area contributed by atoms with Crippen molar-refractivity contribution in [2.24, 2.45) is 0 Å². The molecule has 0 aromatic heterocycles. The van der Waals surface area contributed by atoms with Crippen LogP contribution in [0.2, 0.25) is 0 Å². The molecule has 1 aromatic carbocycles. The van der Waals surface area contributed by atoms with Gasteiger partial charge in [-0.3, -0.25) is 0 Å². The van der Waals surface area contributed by atoms with Gasteiger partial charge in [-0.05, 0) is 31.0 Å². The first-order valence-corrected chi connectivity index (χ1v) is 5.10. The maximum Gasteiger partial charge on any atom is 0.122 e. The smallest absolute Gasteiger partial charge is 0.122 e. The van der Waals surface area contributed by atoms with Crippen molar-refractivity contribution in [2.45, 2.75) is 24.9 Å². The quantitative estimate of drug-likeness (QED) is 0.819. The van der Waals surface area contributed by atoms with Gasteiger partial charge in [0, 0.05) is 12.0 Å². The monoisotopic (exact) mass is 208 g/mol. The van der Waals surface area contributed by atoms with Gasteiger partial charge in [-0.2, -0.15) is 0 Å². The molecule has 0 saturated heterocycles. The molecule has 0 bridgehead atoms. The van der Waals surface area contributed by atoms with Crippen molar-refractivity contribution in [1.29, 1.82) is 0 Å². The van der Waals surface area contributed by atoms with Crippen molar-refractivity contribution in [3.05, 3.63) is 23.8 Å². The zero-order valence-electron chi connectivity index (χ0n) is 9.12. The van der Waals surface area contributed by atoms with E-state index in [1.165, 1.54) is 0 Å². The van der Waals surface area contributed by atoms with Crippen LogP contribution in [0, 0.1) is 0 Å². The molecule has 15 heavy (non-hydrogen) atoms. The van der Waals surface area contributed by atoms with E-state index in [1.54, 1.807) is 14.2 Å². The third kappa shape index (κ3) is 2.23. The van der Waals surface area contributed by atoms with Crippen LogP contribution in [0.1, 0.15) is 18.4 Å². The molecular weight excluding hydrogens is 192 g/mol. The molecular formula is C12H16O3. The van der Waals surface area contributed by atoms with Crippen molar-refractivity contribution in [2.75, 3.05) is 14.2 Å². The number of benzene rings is 1. The molecule has 2 rings (SSSR count). The first-order chi connectivity index (χ1) is 7.17. The molecule has 1 fully saturated rings. The highest BCUT2D eigenvalue weighted by molar-refractivity contribution is 5.41. The molecule has 1 N–H and O–H groups in total. The van der Waals surface area contributed by atoms with Crippen molar-refractivity contribution < 1.29 is 14.6 Å². The summed E-state index contributed by atoms with van der Waals surface area (Å²) in [7, 11) is 3.28. The van der Waals surface area contributed by atoms with Gasteiger partial charge in [-0.25, -0.2) is 0 Å². The lowest BCUT2D eigenvalue weighted by Crippen LogP contribution is -2.11. The number of hydrogen-bond acceptors (Lipinski definition) is 3. The van der Waals surface area contributed by atoms with Gasteiger partial charge in [0.2, 0.25) is 0 Å². The van der Waals surface area contributed by atoms with Gasteiger partial charge >= 0.3 is 0 Å². The molecule has 0 heterocycles. The SMILES string of the molecule is COc1ccc(OC)c(CC2(O)CC2)c1. The Morgan fingerprint density at radius 1 is 1.27 bits per heavy atom. The highest BCUT2D eigenvalue weighted by Gasteiger charge is 2.40. The molecule has 1 saturated carbocycles. The standard InChI is InChI=1S/C12H16O3/c1-14-10-3-4-11(15-2)9(7-10)8-12(13)5-6-12/h3-4,7,13H,5-6,8H2,1-2H3. The second kappa shape index (κ2) is 3.74. The van der Waals surface area contributed by atoms with Crippen LogP contribution in [0.25, 0.3) is 0 Å². The zero-order chi connectivity index (χ0) is 10.9. The molecule has 0 radical (unpaired) electrons. The Morgan fingerprint density at radius 3 is 2.53 bits per heavy atom. The van der Waals surface area contributed by atoms with Gasteiger partial charge in [0.05, 0.1) is 19.8 Å². The minimum absolute atomic E-state index is 0.500. The van der Waals surface area contributed by atoms with Crippen molar-refractivity contribution in [3.63, 3.8) is 0 Å². The topological polar surface area (TPSA) is 38.7 Å². The highest BCUT2D eigenvalue weighted by Crippen LogP contribution is 2.40. The number of rotatable bonds is 4.